The summed E-state index contributed by atoms with van der Waals surface area (Å²) in [5.41, 5.74) is 0.687. The molecular weight excluding hydrogens is 326 g/mol. The summed E-state index contributed by atoms with van der Waals surface area (Å²) >= 11 is 0. The van der Waals surface area contributed by atoms with Gasteiger partial charge >= 0.3 is 0 Å². The third-order valence-corrected chi connectivity index (χ3v) is 4.30. The van der Waals surface area contributed by atoms with Crippen molar-refractivity contribution in [2.24, 2.45) is 0 Å². The number of halogens is 2. The van der Waals surface area contributed by atoms with Crippen molar-refractivity contribution in [1.82, 2.24) is 4.90 Å². The van der Waals surface area contributed by atoms with Crippen LogP contribution in [0, 0.1) is 11.6 Å². The predicted molar refractivity (Wildman–Crippen MR) is 93.0 cm³/mol. The largest absolute Gasteiger partial charge is 0.491 e. The number of aliphatic hydroxyl groups excluding tert-OH is 1. The van der Waals surface area contributed by atoms with E-state index in [9.17, 15) is 13.9 Å². The number of nitrogens with zero attached hydrogens (tertiary/aromatic N) is 2. The van der Waals surface area contributed by atoms with Crippen molar-refractivity contribution in [3.63, 3.8) is 0 Å². The van der Waals surface area contributed by atoms with Gasteiger partial charge in [-0.1, -0.05) is 18.2 Å². The Bertz CT molecular complexity index is 676. The molecule has 1 saturated heterocycles. The molecule has 6 heteroatoms. The Morgan fingerprint density at radius 2 is 1.68 bits per heavy atom. The van der Waals surface area contributed by atoms with Gasteiger partial charge < -0.3 is 14.7 Å². The minimum Gasteiger partial charge on any atom is -0.491 e. The maximum Gasteiger partial charge on any atom is 0.160 e. The Morgan fingerprint density at radius 3 is 2.36 bits per heavy atom. The van der Waals surface area contributed by atoms with Gasteiger partial charge in [0.05, 0.1) is 0 Å². The number of piperazine rings is 1. The van der Waals surface area contributed by atoms with Gasteiger partial charge in [-0.3, -0.25) is 4.90 Å². The zero-order valence-electron chi connectivity index (χ0n) is 13.9. The Balaban J connectivity index is 1.43. The smallest absolute Gasteiger partial charge is 0.160 e. The van der Waals surface area contributed by atoms with Crippen LogP contribution in [0.15, 0.2) is 48.5 Å². The Kier molecular flexibility index (Phi) is 5.83. The van der Waals surface area contributed by atoms with Crippen LogP contribution in [0.25, 0.3) is 0 Å². The fraction of sp³-hybridized carbons (Fsp3) is 0.368. The van der Waals surface area contributed by atoms with Crippen LogP contribution in [0.4, 0.5) is 14.5 Å². The molecule has 1 aliphatic rings. The van der Waals surface area contributed by atoms with Crippen LogP contribution >= 0.6 is 0 Å². The molecule has 25 heavy (non-hydrogen) atoms. The topological polar surface area (TPSA) is 35.9 Å². The molecule has 3 rings (SSSR count). The van der Waals surface area contributed by atoms with Crippen molar-refractivity contribution in [3.05, 3.63) is 60.2 Å². The minimum atomic E-state index is -0.830. The number of ether oxygens (including phenoxy) is 1. The van der Waals surface area contributed by atoms with Gasteiger partial charge in [0.1, 0.15) is 18.5 Å². The molecule has 0 radical (unpaired) electrons. The molecule has 4 nitrogen and oxygen atoms in total. The maximum atomic E-state index is 13.3. The predicted octanol–water partition coefficient (Wildman–Crippen LogP) is 2.53. The number of anilines is 1. The van der Waals surface area contributed by atoms with Crippen molar-refractivity contribution in [2.45, 2.75) is 6.10 Å². The fourth-order valence-corrected chi connectivity index (χ4v) is 2.93. The van der Waals surface area contributed by atoms with Gasteiger partial charge in [-0.05, 0) is 24.3 Å². The molecule has 0 spiro atoms. The normalized spacial score (nSPS) is 16.7. The lowest BCUT2D eigenvalue weighted by atomic mass is 10.2. The van der Waals surface area contributed by atoms with E-state index in [0.717, 1.165) is 24.9 Å². The highest BCUT2D eigenvalue weighted by atomic mass is 19.2. The van der Waals surface area contributed by atoms with Crippen LogP contribution in [0.2, 0.25) is 0 Å². The zero-order valence-corrected chi connectivity index (χ0v) is 13.9. The number of hydrogen-bond acceptors (Lipinski definition) is 4. The van der Waals surface area contributed by atoms with E-state index in [1.807, 2.05) is 35.2 Å². The first kappa shape index (κ1) is 17.6. The summed E-state index contributed by atoms with van der Waals surface area (Å²) < 4.78 is 31.9. The fourth-order valence-electron chi connectivity index (χ4n) is 2.93. The Morgan fingerprint density at radius 1 is 0.960 bits per heavy atom. The lowest BCUT2D eigenvalue weighted by Gasteiger charge is -2.36. The molecule has 2 aromatic rings. The zero-order chi connectivity index (χ0) is 17.6. The van der Waals surface area contributed by atoms with E-state index >= 15 is 0 Å². The molecule has 0 bridgehead atoms. The van der Waals surface area contributed by atoms with E-state index in [0.29, 0.717) is 25.3 Å². The Hall–Kier alpha value is -2.18. The van der Waals surface area contributed by atoms with E-state index in [-0.39, 0.29) is 6.61 Å². The van der Waals surface area contributed by atoms with Crippen LogP contribution in [-0.2, 0) is 0 Å². The third kappa shape index (κ3) is 4.90. The third-order valence-electron chi connectivity index (χ3n) is 4.30. The van der Waals surface area contributed by atoms with Crippen LogP contribution in [0.5, 0.6) is 5.75 Å². The molecule has 1 aliphatic heterocycles. The van der Waals surface area contributed by atoms with E-state index < -0.39 is 17.7 Å². The van der Waals surface area contributed by atoms with Gasteiger partial charge in [-0.2, -0.15) is 0 Å². The summed E-state index contributed by atoms with van der Waals surface area (Å²) in [6.07, 6.45) is -0.574. The van der Waals surface area contributed by atoms with Gasteiger partial charge in [-0.15, -0.1) is 0 Å². The summed E-state index contributed by atoms with van der Waals surface area (Å²) in [4.78, 5) is 4.17. The molecule has 134 valence electrons. The monoisotopic (exact) mass is 348 g/mol. The second kappa shape index (κ2) is 8.27. The lowest BCUT2D eigenvalue weighted by molar-refractivity contribution is 0.0663. The van der Waals surface area contributed by atoms with E-state index in [1.165, 1.54) is 6.07 Å². The van der Waals surface area contributed by atoms with Gasteiger partial charge in [0, 0.05) is 44.5 Å². The summed E-state index contributed by atoms with van der Waals surface area (Å²) in [5.74, 6) is -0.915. The second-order valence-corrected chi connectivity index (χ2v) is 6.16. The number of benzene rings is 2. The highest BCUT2D eigenvalue weighted by molar-refractivity contribution is 5.47. The summed E-state index contributed by atoms with van der Waals surface area (Å²) in [6.45, 7) is 3.68. The van der Waals surface area contributed by atoms with Crippen molar-refractivity contribution in [2.75, 3.05) is 44.2 Å². The summed E-state index contributed by atoms with van der Waals surface area (Å²) in [6, 6.07) is 13.4. The number of rotatable bonds is 6. The van der Waals surface area contributed by atoms with Gasteiger partial charge in [0.25, 0.3) is 0 Å². The van der Waals surface area contributed by atoms with Crippen LogP contribution in [-0.4, -0.2) is 55.4 Å². The molecular formula is C19H22F2N2O2. The van der Waals surface area contributed by atoms with Gasteiger partial charge in [0.15, 0.2) is 11.6 Å². The average molecular weight is 348 g/mol. The van der Waals surface area contributed by atoms with E-state index in [4.69, 9.17) is 4.74 Å². The standard InChI is InChI=1S/C19H22F2N2O2/c20-18-7-6-15(12-19(18)21)23-10-8-22(9-11-23)13-16(24)14-25-17-4-2-1-3-5-17/h1-7,12,16,24H,8-11,13-14H2/t16-/m1/s1. The molecule has 1 heterocycles. The molecule has 1 N–H and O–H groups in total. The molecule has 0 aromatic heterocycles. The SMILES string of the molecule is O[C@@H](COc1ccccc1)CN1CCN(c2ccc(F)c(F)c2)CC1. The molecule has 0 unspecified atom stereocenters. The molecule has 0 amide bonds. The van der Waals surface area contributed by atoms with Crippen LogP contribution < -0.4 is 9.64 Å². The van der Waals surface area contributed by atoms with E-state index in [1.54, 1.807) is 6.07 Å². The molecule has 1 fully saturated rings. The quantitative estimate of drug-likeness (QED) is 0.870. The lowest BCUT2D eigenvalue weighted by Crippen LogP contribution is -2.49. The number of aliphatic hydroxyl groups is 1. The second-order valence-electron chi connectivity index (χ2n) is 6.16. The van der Waals surface area contributed by atoms with Crippen molar-refractivity contribution < 1.29 is 18.6 Å². The number of para-hydroxylation sites is 1. The van der Waals surface area contributed by atoms with Gasteiger partial charge in [0.2, 0.25) is 0 Å². The van der Waals surface area contributed by atoms with Crippen LogP contribution in [0.3, 0.4) is 0 Å². The summed E-state index contributed by atoms with van der Waals surface area (Å²) in [5, 5.41) is 10.1. The molecule has 2 aromatic carbocycles. The first-order valence-electron chi connectivity index (χ1n) is 8.40. The molecule has 0 saturated carbocycles. The van der Waals surface area contributed by atoms with Crippen molar-refractivity contribution in [1.29, 1.82) is 0 Å². The molecule has 0 aliphatic carbocycles. The number of hydrogen-bond donors (Lipinski definition) is 1. The van der Waals surface area contributed by atoms with Crippen molar-refractivity contribution >= 4 is 5.69 Å². The van der Waals surface area contributed by atoms with Crippen LogP contribution in [0.1, 0.15) is 0 Å². The van der Waals surface area contributed by atoms with Gasteiger partial charge in [-0.25, -0.2) is 8.78 Å². The Labute approximate surface area is 146 Å². The first-order chi connectivity index (χ1) is 12.1. The first-order valence-corrected chi connectivity index (χ1v) is 8.40. The highest BCUT2D eigenvalue weighted by Crippen LogP contribution is 2.19. The minimum absolute atomic E-state index is 0.243. The summed E-state index contributed by atoms with van der Waals surface area (Å²) in [7, 11) is 0. The van der Waals surface area contributed by atoms with E-state index in [2.05, 4.69) is 4.90 Å². The molecule has 1 atom stereocenters. The van der Waals surface area contributed by atoms with Crippen molar-refractivity contribution in [3.8, 4) is 5.75 Å². The average Bonchev–Trinajstić information content (AvgIpc) is 2.64. The number of β-amino-alcohol motifs (C(OH)–C–C–N with tert-alkyl or cyclic N) is 1. The highest BCUT2D eigenvalue weighted by Gasteiger charge is 2.20. The maximum absolute atomic E-state index is 13.3.